The van der Waals surface area contributed by atoms with E-state index in [2.05, 4.69) is 22.9 Å². The highest BCUT2D eigenvalue weighted by atomic mass is 16.5. The van der Waals surface area contributed by atoms with Gasteiger partial charge in [-0.25, -0.2) is 10.4 Å². The van der Waals surface area contributed by atoms with E-state index in [1.54, 1.807) is 0 Å². The summed E-state index contributed by atoms with van der Waals surface area (Å²) in [7, 11) is 1.88. The molecule has 0 radical (unpaired) electrons. The van der Waals surface area contributed by atoms with E-state index in [0.29, 0.717) is 36.0 Å². The lowest BCUT2D eigenvalue weighted by atomic mass is 9.43. The Balaban J connectivity index is 1.13. The van der Waals surface area contributed by atoms with Gasteiger partial charge in [0.15, 0.2) is 5.78 Å². The van der Waals surface area contributed by atoms with E-state index in [1.165, 1.54) is 77.0 Å². The Labute approximate surface area is 231 Å². The molecule has 8 atom stereocenters. The molecule has 0 amide bonds. The fourth-order valence-electron chi connectivity index (χ4n) is 11.2. The molecular weight excluding hydrogens is 474 g/mol. The Hall–Kier alpha value is -0.530. The van der Waals surface area contributed by atoms with Crippen molar-refractivity contribution >= 4 is 5.78 Å². The molecule has 6 nitrogen and oxygen atoms in total. The third-order valence-electron chi connectivity index (χ3n) is 13.1. The van der Waals surface area contributed by atoms with E-state index in [-0.39, 0.29) is 22.3 Å². The average molecular weight is 530 g/mol. The molecule has 38 heavy (non-hydrogen) atoms. The Morgan fingerprint density at radius 3 is 2.45 bits per heavy atom. The number of hydrazine groups is 2. The van der Waals surface area contributed by atoms with Crippen molar-refractivity contribution < 1.29 is 14.6 Å². The van der Waals surface area contributed by atoms with Crippen LogP contribution in [0, 0.1) is 40.4 Å². The largest absolute Gasteiger partial charge is 0.390 e. The van der Waals surface area contributed by atoms with Crippen LogP contribution < -0.4 is 11.0 Å². The number of methoxy groups -OCH3 is 1. The summed E-state index contributed by atoms with van der Waals surface area (Å²) in [5.41, 5.74) is 7.07. The molecule has 1 aliphatic heterocycles. The fraction of sp³-hybridized carbons (Fsp3) is 0.969. The molecule has 0 aromatic heterocycles. The van der Waals surface area contributed by atoms with Crippen molar-refractivity contribution in [2.75, 3.05) is 26.8 Å². The molecule has 0 aromatic carbocycles. The minimum absolute atomic E-state index is 0.143. The Bertz CT molecular complexity index is 870. The van der Waals surface area contributed by atoms with Crippen LogP contribution in [0.5, 0.6) is 0 Å². The first-order valence-electron chi connectivity index (χ1n) is 16.2. The Morgan fingerprint density at radius 1 is 0.921 bits per heavy atom. The molecule has 6 heteroatoms. The molecule has 1 spiro atoms. The number of carbonyl (C=O) groups is 1. The summed E-state index contributed by atoms with van der Waals surface area (Å²) in [5.74, 6) is 3.31. The summed E-state index contributed by atoms with van der Waals surface area (Å²) in [6.45, 7) is 6.87. The molecule has 0 unspecified atom stereocenters. The standard InChI is InChI=1S/C32H55N3O3/c1-29(37)17-18-32(22-38-3)23(19-29)9-10-24-25-11-12-27(30(25,2)16-13-26(24)32)28(36)20-35-21-31(33-34-35)14-7-5-4-6-8-15-31/h23-27,33-34,37H,4-22H2,1-3H3/t23-,24-,25-,26-,27+,29+,30-,32+/m0/s1. The van der Waals surface area contributed by atoms with E-state index in [1.807, 2.05) is 14.0 Å². The monoisotopic (exact) mass is 529 g/mol. The van der Waals surface area contributed by atoms with Crippen LogP contribution in [0.25, 0.3) is 0 Å². The van der Waals surface area contributed by atoms with E-state index in [4.69, 9.17) is 4.74 Å². The summed E-state index contributed by atoms with van der Waals surface area (Å²) in [5, 5.41) is 13.1. The van der Waals surface area contributed by atoms with Crippen molar-refractivity contribution in [2.45, 2.75) is 128 Å². The summed E-state index contributed by atoms with van der Waals surface area (Å²) in [6, 6.07) is 0. The number of fused-ring (bicyclic) bond motifs is 5. The number of Topliss-reactive ketones (excluding diaryl/α,β-unsaturated/α-hetero) is 1. The zero-order valence-corrected chi connectivity index (χ0v) is 24.5. The summed E-state index contributed by atoms with van der Waals surface area (Å²) >= 11 is 0. The highest BCUT2D eigenvalue weighted by Crippen LogP contribution is 2.68. The topological polar surface area (TPSA) is 73.8 Å². The first-order valence-corrected chi connectivity index (χ1v) is 16.2. The number of ether oxygens (including phenoxy) is 1. The van der Waals surface area contributed by atoms with Gasteiger partial charge in [-0.05, 0) is 112 Å². The van der Waals surface area contributed by atoms with Crippen molar-refractivity contribution in [1.82, 2.24) is 16.0 Å². The van der Waals surface area contributed by atoms with E-state index >= 15 is 0 Å². The smallest absolute Gasteiger partial charge is 0.151 e. The molecule has 5 saturated carbocycles. The maximum Gasteiger partial charge on any atom is 0.151 e. The van der Waals surface area contributed by atoms with Gasteiger partial charge in [-0.3, -0.25) is 4.79 Å². The lowest BCUT2D eigenvalue weighted by Crippen LogP contribution is -2.58. The van der Waals surface area contributed by atoms with Gasteiger partial charge in [-0.2, -0.15) is 5.53 Å². The van der Waals surface area contributed by atoms with Crippen LogP contribution >= 0.6 is 0 Å². The number of hydrogen-bond donors (Lipinski definition) is 3. The van der Waals surface area contributed by atoms with Gasteiger partial charge < -0.3 is 9.84 Å². The SMILES string of the molecule is COC[C@]12CC[C@@](C)(O)C[C@@H]1CC[C@H]1[C@@H]3CC[C@H](C(=O)CN4CC5(CCCCCCC5)NN4)[C@@]3(C)CC[C@@H]12. The number of ketones is 1. The van der Waals surface area contributed by atoms with Crippen molar-refractivity contribution in [3.63, 3.8) is 0 Å². The second-order valence-corrected chi connectivity index (χ2v) is 15.3. The van der Waals surface area contributed by atoms with Crippen LogP contribution in [0.15, 0.2) is 0 Å². The summed E-state index contributed by atoms with van der Waals surface area (Å²) in [6.07, 6.45) is 19.2. The summed E-state index contributed by atoms with van der Waals surface area (Å²) < 4.78 is 5.94. The predicted octanol–water partition coefficient (Wildman–Crippen LogP) is 5.40. The van der Waals surface area contributed by atoms with Crippen molar-refractivity contribution in [3.05, 3.63) is 0 Å². The van der Waals surface area contributed by atoms with Crippen molar-refractivity contribution in [3.8, 4) is 0 Å². The zero-order chi connectivity index (χ0) is 26.6. The fourth-order valence-corrected chi connectivity index (χ4v) is 11.2. The Morgan fingerprint density at radius 2 is 1.68 bits per heavy atom. The maximum absolute atomic E-state index is 13.9. The third-order valence-corrected chi connectivity index (χ3v) is 13.1. The predicted molar refractivity (Wildman–Crippen MR) is 150 cm³/mol. The Kier molecular flexibility index (Phi) is 7.55. The molecular formula is C32H55N3O3. The van der Waals surface area contributed by atoms with Crippen LogP contribution in [0.4, 0.5) is 0 Å². The van der Waals surface area contributed by atoms with Gasteiger partial charge in [0, 0.05) is 25.1 Å². The van der Waals surface area contributed by atoms with Gasteiger partial charge in [-0.15, -0.1) is 0 Å². The molecule has 6 fully saturated rings. The number of nitrogens with one attached hydrogen (secondary N) is 2. The molecule has 6 aliphatic rings. The first-order chi connectivity index (χ1) is 18.2. The van der Waals surface area contributed by atoms with Crippen LogP contribution in [0.2, 0.25) is 0 Å². The van der Waals surface area contributed by atoms with Crippen LogP contribution in [-0.2, 0) is 9.53 Å². The zero-order valence-electron chi connectivity index (χ0n) is 24.5. The first kappa shape index (κ1) is 27.6. The highest BCUT2D eigenvalue weighted by Gasteiger charge is 2.63. The molecule has 5 aliphatic carbocycles. The average Bonchev–Trinajstić information content (AvgIpc) is 3.43. The molecule has 0 aromatic rings. The normalized spacial score (nSPS) is 47.1. The lowest BCUT2D eigenvalue weighted by molar-refractivity contribution is -0.175. The quantitative estimate of drug-likeness (QED) is 0.443. The van der Waals surface area contributed by atoms with E-state index < -0.39 is 5.60 Å². The molecule has 1 saturated heterocycles. The number of hydrogen-bond acceptors (Lipinski definition) is 6. The van der Waals surface area contributed by atoms with Crippen LogP contribution in [0.1, 0.15) is 117 Å². The van der Waals surface area contributed by atoms with Crippen LogP contribution in [0.3, 0.4) is 0 Å². The minimum atomic E-state index is -0.518. The van der Waals surface area contributed by atoms with Gasteiger partial charge >= 0.3 is 0 Å². The van der Waals surface area contributed by atoms with Gasteiger partial charge in [0.2, 0.25) is 0 Å². The molecule has 216 valence electrons. The number of aliphatic hydroxyl groups is 1. The van der Waals surface area contributed by atoms with Crippen molar-refractivity contribution in [2.24, 2.45) is 40.4 Å². The van der Waals surface area contributed by atoms with Gasteiger partial charge in [0.25, 0.3) is 0 Å². The third kappa shape index (κ3) is 4.72. The molecule has 1 heterocycles. The van der Waals surface area contributed by atoms with Gasteiger partial charge in [-0.1, -0.05) is 39.0 Å². The minimum Gasteiger partial charge on any atom is -0.390 e. The van der Waals surface area contributed by atoms with E-state index in [9.17, 15) is 9.90 Å². The highest BCUT2D eigenvalue weighted by molar-refractivity contribution is 5.84. The number of nitrogens with zero attached hydrogens (tertiary/aromatic N) is 1. The molecule has 6 rings (SSSR count). The second kappa shape index (κ2) is 10.4. The summed E-state index contributed by atoms with van der Waals surface area (Å²) in [4.78, 5) is 13.9. The maximum atomic E-state index is 13.9. The van der Waals surface area contributed by atoms with Gasteiger partial charge in [0.1, 0.15) is 0 Å². The van der Waals surface area contributed by atoms with Crippen LogP contribution in [-0.4, -0.2) is 53.8 Å². The number of carbonyl (C=O) groups excluding carboxylic acids is 1. The number of rotatable bonds is 5. The molecule has 3 N–H and O–H groups in total. The lowest BCUT2D eigenvalue weighted by Gasteiger charge is -2.62. The molecule has 0 bridgehead atoms. The second-order valence-electron chi connectivity index (χ2n) is 15.3. The van der Waals surface area contributed by atoms with Gasteiger partial charge in [0.05, 0.1) is 18.8 Å². The van der Waals surface area contributed by atoms with Crippen molar-refractivity contribution in [1.29, 1.82) is 0 Å². The van der Waals surface area contributed by atoms with E-state index in [0.717, 1.165) is 38.8 Å².